The molecular weight excluding hydrogens is 284 g/mol. The summed E-state index contributed by atoms with van der Waals surface area (Å²) in [4.78, 5) is 18.2. The van der Waals surface area contributed by atoms with Crippen LogP contribution >= 0.6 is 0 Å². The van der Waals surface area contributed by atoms with Gasteiger partial charge in [-0.2, -0.15) is 0 Å². The molecular formula is C20H20N2O. The van der Waals surface area contributed by atoms with Crippen LogP contribution in [-0.4, -0.2) is 28.9 Å². The number of amides is 1. The molecule has 0 aliphatic carbocycles. The van der Waals surface area contributed by atoms with Gasteiger partial charge in [0.1, 0.15) is 0 Å². The van der Waals surface area contributed by atoms with Crippen LogP contribution in [0.4, 0.5) is 0 Å². The third-order valence-electron chi connectivity index (χ3n) is 4.72. The number of carbonyl (C=O) groups excluding carboxylic acids is 1. The average molecular weight is 304 g/mol. The van der Waals surface area contributed by atoms with Gasteiger partial charge in [-0.15, -0.1) is 0 Å². The van der Waals surface area contributed by atoms with E-state index in [4.69, 9.17) is 0 Å². The molecule has 3 aromatic rings. The molecule has 1 amide bonds. The van der Waals surface area contributed by atoms with E-state index in [1.54, 1.807) is 0 Å². The minimum absolute atomic E-state index is 0.135. The standard InChI is InChI=1S/C20H20N2O/c1-14-7-8-18-17(13-14)16-9-11-22(12-10-19(16)21-18)20(23)15-5-3-2-4-6-15/h2-8,13,21H,9-12H2,1H3. The lowest BCUT2D eigenvalue weighted by Crippen LogP contribution is -2.33. The van der Waals surface area contributed by atoms with E-state index < -0.39 is 0 Å². The Hall–Kier alpha value is -2.55. The first-order valence-corrected chi connectivity index (χ1v) is 8.17. The Balaban J connectivity index is 1.62. The molecule has 0 spiro atoms. The van der Waals surface area contributed by atoms with E-state index in [0.29, 0.717) is 0 Å². The topological polar surface area (TPSA) is 36.1 Å². The van der Waals surface area contributed by atoms with Gasteiger partial charge in [0.25, 0.3) is 5.91 Å². The first-order chi connectivity index (χ1) is 11.2. The summed E-state index contributed by atoms with van der Waals surface area (Å²) < 4.78 is 0. The van der Waals surface area contributed by atoms with Crippen LogP contribution in [0.5, 0.6) is 0 Å². The van der Waals surface area contributed by atoms with Crippen molar-refractivity contribution in [2.24, 2.45) is 0 Å². The lowest BCUT2D eigenvalue weighted by molar-refractivity contribution is 0.0763. The molecule has 0 unspecified atom stereocenters. The zero-order chi connectivity index (χ0) is 15.8. The van der Waals surface area contributed by atoms with Gasteiger partial charge in [-0.25, -0.2) is 0 Å². The second-order valence-electron chi connectivity index (χ2n) is 6.29. The highest BCUT2D eigenvalue weighted by atomic mass is 16.2. The first kappa shape index (κ1) is 14.1. The molecule has 0 atom stereocenters. The number of nitrogens with zero attached hydrogens (tertiary/aromatic N) is 1. The molecule has 0 saturated carbocycles. The smallest absolute Gasteiger partial charge is 0.253 e. The maximum absolute atomic E-state index is 12.7. The van der Waals surface area contributed by atoms with Crippen LogP contribution in [0.15, 0.2) is 48.5 Å². The summed E-state index contributed by atoms with van der Waals surface area (Å²) in [6, 6.07) is 16.1. The van der Waals surface area contributed by atoms with Gasteiger partial charge in [-0.1, -0.05) is 29.8 Å². The summed E-state index contributed by atoms with van der Waals surface area (Å²) in [5.41, 5.74) is 5.93. The van der Waals surface area contributed by atoms with E-state index in [2.05, 4.69) is 30.1 Å². The number of carbonyl (C=O) groups is 1. The van der Waals surface area contributed by atoms with Gasteiger partial charge in [-0.3, -0.25) is 4.79 Å². The minimum atomic E-state index is 0.135. The molecule has 2 heterocycles. The van der Waals surface area contributed by atoms with E-state index in [9.17, 15) is 4.79 Å². The van der Waals surface area contributed by atoms with Crippen LogP contribution in [0.2, 0.25) is 0 Å². The molecule has 0 radical (unpaired) electrons. The van der Waals surface area contributed by atoms with Gasteiger partial charge >= 0.3 is 0 Å². The Kier molecular flexibility index (Phi) is 3.41. The molecule has 3 heteroatoms. The number of rotatable bonds is 1. The molecule has 0 fully saturated rings. The molecule has 2 aromatic carbocycles. The Bertz CT molecular complexity index is 864. The summed E-state index contributed by atoms with van der Waals surface area (Å²) in [5.74, 6) is 0.135. The highest BCUT2D eigenvalue weighted by Gasteiger charge is 2.22. The molecule has 23 heavy (non-hydrogen) atoms. The lowest BCUT2D eigenvalue weighted by atomic mass is 10.1. The molecule has 3 nitrogen and oxygen atoms in total. The monoisotopic (exact) mass is 304 g/mol. The average Bonchev–Trinajstić information content (AvgIpc) is 2.78. The summed E-state index contributed by atoms with van der Waals surface area (Å²) in [7, 11) is 0. The van der Waals surface area contributed by atoms with Crippen LogP contribution < -0.4 is 0 Å². The van der Waals surface area contributed by atoms with E-state index in [1.165, 1.54) is 27.7 Å². The number of H-pyrrole nitrogens is 1. The van der Waals surface area contributed by atoms with Crippen molar-refractivity contribution in [3.05, 3.63) is 70.9 Å². The van der Waals surface area contributed by atoms with Crippen molar-refractivity contribution in [1.29, 1.82) is 0 Å². The number of aromatic amines is 1. The van der Waals surface area contributed by atoms with Crippen molar-refractivity contribution in [2.75, 3.05) is 13.1 Å². The zero-order valence-corrected chi connectivity index (χ0v) is 13.3. The maximum Gasteiger partial charge on any atom is 0.253 e. The Labute approximate surface area is 135 Å². The normalized spacial score (nSPS) is 14.6. The summed E-state index contributed by atoms with van der Waals surface area (Å²) >= 11 is 0. The quantitative estimate of drug-likeness (QED) is 0.731. The minimum Gasteiger partial charge on any atom is -0.358 e. The first-order valence-electron chi connectivity index (χ1n) is 8.17. The highest BCUT2D eigenvalue weighted by molar-refractivity contribution is 5.94. The van der Waals surface area contributed by atoms with Crippen molar-refractivity contribution in [2.45, 2.75) is 19.8 Å². The molecule has 4 rings (SSSR count). The van der Waals surface area contributed by atoms with Crippen molar-refractivity contribution < 1.29 is 4.79 Å². The Morgan fingerprint density at radius 3 is 2.65 bits per heavy atom. The van der Waals surface area contributed by atoms with Crippen LogP contribution in [-0.2, 0) is 12.8 Å². The predicted octanol–water partition coefficient (Wildman–Crippen LogP) is 3.72. The van der Waals surface area contributed by atoms with Gasteiger partial charge in [0, 0.05) is 41.7 Å². The van der Waals surface area contributed by atoms with Crippen LogP contribution in [0.25, 0.3) is 10.9 Å². The fraction of sp³-hybridized carbons (Fsp3) is 0.250. The van der Waals surface area contributed by atoms with Crippen molar-refractivity contribution in [3.8, 4) is 0 Å². The summed E-state index contributed by atoms with van der Waals surface area (Å²) in [6.45, 7) is 3.68. The molecule has 0 saturated heterocycles. The third kappa shape index (κ3) is 2.52. The number of aryl methyl sites for hydroxylation is 1. The molecule has 1 aromatic heterocycles. The van der Waals surface area contributed by atoms with E-state index >= 15 is 0 Å². The molecule has 1 aliphatic heterocycles. The number of aromatic nitrogens is 1. The number of nitrogens with one attached hydrogen (secondary N) is 1. The lowest BCUT2D eigenvalue weighted by Gasteiger charge is -2.20. The van der Waals surface area contributed by atoms with E-state index in [0.717, 1.165) is 31.5 Å². The Morgan fingerprint density at radius 1 is 1.04 bits per heavy atom. The number of hydrogen-bond acceptors (Lipinski definition) is 1. The molecule has 1 aliphatic rings. The zero-order valence-electron chi connectivity index (χ0n) is 13.3. The summed E-state index contributed by atoms with van der Waals surface area (Å²) in [5, 5.41) is 1.31. The third-order valence-corrected chi connectivity index (χ3v) is 4.72. The number of fused-ring (bicyclic) bond motifs is 3. The predicted molar refractivity (Wildman–Crippen MR) is 92.8 cm³/mol. The summed E-state index contributed by atoms with van der Waals surface area (Å²) in [6.07, 6.45) is 1.80. The van der Waals surface area contributed by atoms with Gasteiger partial charge in [-0.05, 0) is 43.2 Å². The largest absolute Gasteiger partial charge is 0.358 e. The van der Waals surface area contributed by atoms with E-state index in [-0.39, 0.29) is 5.91 Å². The maximum atomic E-state index is 12.7. The van der Waals surface area contributed by atoms with Gasteiger partial charge < -0.3 is 9.88 Å². The van der Waals surface area contributed by atoms with Crippen LogP contribution in [0.3, 0.4) is 0 Å². The van der Waals surface area contributed by atoms with E-state index in [1.807, 2.05) is 35.2 Å². The van der Waals surface area contributed by atoms with Crippen LogP contribution in [0.1, 0.15) is 27.2 Å². The molecule has 0 bridgehead atoms. The second kappa shape index (κ2) is 5.58. The SMILES string of the molecule is Cc1ccc2[nH]c3c(c2c1)CCN(C(=O)c1ccccc1)CC3. The second-order valence-corrected chi connectivity index (χ2v) is 6.29. The van der Waals surface area contributed by atoms with Gasteiger partial charge in [0.2, 0.25) is 0 Å². The molecule has 116 valence electrons. The van der Waals surface area contributed by atoms with Crippen molar-refractivity contribution in [1.82, 2.24) is 9.88 Å². The molecule has 1 N–H and O–H groups in total. The van der Waals surface area contributed by atoms with Gasteiger partial charge in [0.05, 0.1) is 0 Å². The van der Waals surface area contributed by atoms with Crippen LogP contribution in [0, 0.1) is 6.92 Å². The van der Waals surface area contributed by atoms with Crippen molar-refractivity contribution in [3.63, 3.8) is 0 Å². The van der Waals surface area contributed by atoms with Crippen molar-refractivity contribution >= 4 is 16.8 Å². The van der Waals surface area contributed by atoms with Gasteiger partial charge in [0.15, 0.2) is 0 Å². The fourth-order valence-corrected chi connectivity index (χ4v) is 3.49. The highest BCUT2D eigenvalue weighted by Crippen LogP contribution is 2.27. The number of hydrogen-bond donors (Lipinski definition) is 1. The fourth-order valence-electron chi connectivity index (χ4n) is 3.49. The number of benzene rings is 2. The Morgan fingerprint density at radius 2 is 1.83 bits per heavy atom.